The second-order valence-electron chi connectivity index (χ2n) is 12.0. The fourth-order valence-electron chi connectivity index (χ4n) is 5.17. The SMILES string of the molecule is O=C(C[C@@H]1CCN(C(=O)Nc2cccc(F)c2)C1)Nc1ccc2cc1CCc1cncc(c1)Nc1ncc(Cl)c(n1)N2.O=C(O)C(F)(F)F.O=C(O)C(F)(F)F. The van der Waals surface area contributed by atoms with Crippen LogP contribution in [0.1, 0.15) is 24.0 Å². The van der Waals surface area contributed by atoms with Crippen molar-refractivity contribution in [3.63, 3.8) is 0 Å². The summed E-state index contributed by atoms with van der Waals surface area (Å²) in [6.07, 6.45) is -2.78. The number of nitrogens with one attached hydrogen (secondary N) is 4. The van der Waals surface area contributed by atoms with Crippen molar-refractivity contribution in [2.75, 3.05) is 34.4 Å². The number of halogens is 8. The molecule has 4 aromatic rings. The first-order valence-electron chi connectivity index (χ1n) is 16.1. The van der Waals surface area contributed by atoms with E-state index in [4.69, 9.17) is 31.4 Å². The Morgan fingerprint density at radius 1 is 0.875 bits per heavy atom. The third-order valence-corrected chi connectivity index (χ3v) is 8.00. The number of benzene rings is 2. The number of anilines is 6. The van der Waals surface area contributed by atoms with Gasteiger partial charge in [-0.3, -0.25) is 9.78 Å². The van der Waals surface area contributed by atoms with Gasteiger partial charge in [0.15, 0.2) is 5.82 Å². The molecule has 2 aliphatic rings. The van der Waals surface area contributed by atoms with Crippen LogP contribution in [0, 0.1) is 11.7 Å². The van der Waals surface area contributed by atoms with Crippen LogP contribution in [0.4, 0.5) is 70.0 Å². The maximum Gasteiger partial charge on any atom is 0.490 e. The molecule has 1 fully saturated rings. The Labute approximate surface area is 317 Å². The molecule has 2 aromatic carbocycles. The number of carboxylic acid groups (broad SMARTS) is 2. The number of aliphatic carboxylic acids is 2. The van der Waals surface area contributed by atoms with Crippen molar-refractivity contribution in [3.05, 3.63) is 89.1 Å². The summed E-state index contributed by atoms with van der Waals surface area (Å²) >= 11 is 6.36. The molecule has 1 atom stereocenters. The quantitative estimate of drug-likeness (QED) is 0.112. The van der Waals surface area contributed by atoms with Crippen molar-refractivity contribution in [1.29, 1.82) is 0 Å². The van der Waals surface area contributed by atoms with Crippen molar-refractivity contribution in [3.8, 4) is 0 Å². The highest BCUT2D eigenvalue weighted by atomic mass is 35.5. The standard InChI is InChI=1S/C30H28ClFN8O2.2C2HF3O2/c31-25-16-34-29-36-24-10-18(14-33-15-24)4-5-20-12-23(35-28(25)39-29)6-7-26(20)38-27(41)11-19-8-9-40(17-19)30(42)37-22-3-1-2-21(32)13-22;2*3-2(4,5)1(6)7/h1-3,6-7,10,12-16,19H,4-5,8-9,11,17H2,(H,37,42)(H,38,41)(H2,34,35,36,39);2*(H,6,7)/t19-;;/m0../s1. The summed E-state index contributed by atoms with van der Waals surface area (Å²) in [5.41, 5.74) is 4.61. The van der Waals surface area contributed by atoms with Gasteiger partial charge in [0.1, 0.15) is 10.8 Å². The molecule has 56 heavy (non-hydrogen) atoms. The molecular formula is C34H30ClF7N8O6. The minimum atomic E-state index is -5.08. The van der Waals surface area contributed by atoms with E-state index in [2.05, 4.69) is 36.2 Å². The van der Waals surface area contributed by atoms with Crippen LogP contribution in [-0.4, -0.2) is 79.4 Å². The molecule has 0 spiro atoms. The number of hydrogen-bond donors (Lipinski definition) is 6. The zero-order valence-electron chi connectivity index (χ0n) is 28.5. The maximum atomic E-state index is 13.5. The normalized spacial score (nSPS) is 14.6. The van der Waals surface area contributed by atoms with Crippen LogP contribution < -0.4 is 21.3 Å². The van der Waals surface area contributed by atoms with Gasteiger partial charge < -0.3 is 36.4 Å². The van der Waals surface area contributed by atoms with E-state index < -0.39 is 30.1 Å². The predicted molar refractivity (Wildman–Crippen MR) is 187 cm³/mol. The number of fused-ring (bicyclic) bond motifs is 6. The number of carbonyl (C=O) groups is 4. The Bertz CT molecular complexity index is 2050. The Hall–Kier alpha value is -6.25. The highest BCUT2D eigenvalue weighted by Crippen LogP contribution is 2.30. The number of aryl methyl sites for hydroxylation is 2. The van der Waals surface area contributed by atoms with Crippen LogP contribution in [0.25, 0.3) is 0 Å². The number of amides is 3. The number of hydrogen-bond acceptors (Lipinski definition) is 9. The van der Waals surface area contributed by atoms with E-state index in [9.17, 15) is 40.3 Å². The molecule has 0 unspecified atom stereocenters. The molecule has 14 nitrogen and oxygen atoms in total. The first-order chi connectivity index (χ1) is 26.3. The Morgan fingerprint density at radius 3 is 2.23 bits per heavy atom. The summed E-state index contributed by atoms with van der Waals surface area (Å²) in [6.45, 7) is 0.976. The molecule has 3 amide bonds. The monoisotopic (exact) mass is 814 g/mol. The Kier molecular flexibility index (Phi) is 14.0. The van der Waals surface area contributed by atoms with Crippen molar-refractivity contribution in [1.82, 2.24) is 19.9 Å². The van der Waals surface area contributed by atoms with Crippen LogP contribution in [-0.2, 0) is 27.2 Å². The summed E-state index contributed by atoms with van der Waals surface area (Å²) in [4.78, 5) is 58.3. The lowest BCUT2D eigenvalue weighted by Crippen LogP contribution is -2.33. The van der Waals surface area contributed by atoms with E-state index in [-0.39, 0.29) is 24.3 Å². The van der Waals surface area contributed by atoms with Gasteiger partial charge in [0.25, 0.3) is 0 Å². The molecule has 22 heteroatoms. The molecule has 4 heterocycles. The smallest absolute Gasteiger partial charge is 0.475 e. The van der Waals surface area contributed by atoms with Crippen LogP contribution in [0.2, 0.25) is 5.02 Å². The van der Waals surface area contributed by atoms with Gasteiger partial charge >= 0.3 is 30.3 Å². The molecule has 298 valence electrons. The predicted octanol–water partition coefficient (Wildman–Crippen LogP) is 7.40. The number of urea groups is 1. The largest absolute Gasteiger partial charge is 0.490 e. The highest BCUT2D eigenvalue weighted by Gasteiger charge is 2.39. The van der Waals surface area contributed by atoms with Crippen LogP contribution in [0.15, 0.2) is 67.1 Å². The van der Waals surface area contributed by atoms with E-state index in [1.807, 2.05) is 30.5 Å². The topological polar surface area (TPSA) is 199 Å². The summed E-state index contributed by atoms with van der Waals surface area (Å²) in [5, 5.41) is 26.9. The molecule has 0 aliphatic carbocycles. The van der Waals surface area contributed by atoms with Crippen molar-refractivity contribution < 1.29 is 60.1 Å². The zero-order valence-corrected chi connectivity index (χ0v) is 29.3. The van der Waals surface area contributed by atoms with Crippen molar-refractivity contribution in [2.45, 2.75) is 38.0 Å². The highest BCUT2D eigenvalue weighted by molar-refractivity contribution is 6.32. The molecule has 1 saturated heterocycles. The van der Waals surface area contributed by atoms with E-state index >= 15 is 0 Å². The molecule has 0 saturated carbocycles. The van der Waals surface area contributed by atoms with Crippen molar-refractivity contribution >= 4 is 70.0 Å². The number of likely N-dealkylation sites (tertiary alicyclic amines) is 1. The molecule has 6 bridgehead atoms. The van der Waals surface area contributed by atoms with Gasteiger partial charge in [-0.1, -0.05) is 17.7 Å². The number of rotatable bonds is 4. The first-order valence-corrected chi connectivity index (χ1v) is 16.5. The van der Waals surface area contributed by atoms with Crippen LogP contribution in [0.3, 0.4) is 0 Å². The summed E-state index contributed by atoms with van der Waals surface area (Å²) in [6, 6.07) is 13.2. The third-order valence-electron chi connectivity index (χ3n) is 7.73. The van der Waals surface area contributed by atoms with Gasteiger partial charge in [-0.15, -0.1) is 0 Å². The van der Waals surface area contributed by atoms with Crippen LogP contribution in [0.5, 0.6) is 0 Å². The fraction of sp³-hybridized carbons (Fsp3) is 0.265. The summed E-state index contributed by atoms with van der Waals surface area (Å²) in [7, 11) is 0. The lowest BCUT2D eigenvalue weighted by atomic mass is 10.0. The lowest BCUT2D eigenvalue weighted by Gasteiger charge is -2.18. The van der Waals surface area contributed by atoms with E-state index in [0.717, 1.165) is 28.2 Å². The number of aromatic nitrogens is 3. The van der Waals surface area contributed by atoms with Crippen LogP contribution >= 0.6 is 11.6 Å². The third kappa shape index (κ3) is 13.0. The van der Waals surface area contributed by atoms with Crippen molar-refractivity contribution in [2.24, 2.45) is 5.92 Å². The van der Waals surface area contributed by atoms with Gasteiger partial charge in [-0.2, -0.15) is 31.3 Å². The average Bonchev–Trinajstić information content (AvgIpc) is 3.58. The van der Waals surface area contributed by atoms with Gasteiger partial charge in [0.2, 0.25) is 11.9 Å². The maximum absolute atomic E-state index is 13.5. The number of pyridine rings is 1. The van der Waals surface area contributed by atoms with E-state index in [1.165, 1.54) is 18.3 Å². The zero-order chi connectivity index (χ0) is 41.2. The fourth-order valence-corrected chi connectivity index (χ4v) is 5.31. The van der Waals surface area contributed by atoms with E-state index in [1.54, 1.807) is 23.2 Å². The first kappa shape index (κ1) is 42.5. The minimum Gasteiger partial charge on any atom is -0.475 e. The number of alkyl halides is 6. The Balaban J connectivity index is 0.000000425. The molecule has 6 N–H and O–H groups in total. The molecule has 2 aliphatic heterocycles. The molecule has 2 aromatic heterocycles. The number of nitrogens with zero attached hydrogens (tertiary/aromatic N) is 4. The van der Waals surface area contributed by atoms with Gasteiger partial charge in [-0.25, -0.2) is 23.8 Å². The average molecular weight is 815 g/mol. The van der Waals surface area contributed by atoms with E-state index in [0.29, 0.717) is 54.8 Å². The second-order valence-corrected chi connectivity index (χ2v) is 12.4. The second kappa shape index (κ2) is 18.4. The summed E-state index contributed by atoms with van der Waals surface area (Å²) in [5.74, 6) is -5.19. The van der Waals surface area contributed by atoms with Gasteiger partial charge in [0, 0.05) is 42.8 Å². The summed E-state index contributed by atoms with van der Waals surface area (Å²) < 4.78 is 76.9. The number of carboxylic acids is 2. The van der Waals surface area contributed by atoms with Gasteiger partial charge in [-0.05, 0) is 78.8 Å². The number of carbonyl (C=O) groups excluding carboxylic acids is 2. The Morgan fingerprint density at radius 2 is 1.57 bits per heavy atom. The lowest BCUT2D eigenvalue weighted by molar-refractivity contribution is -0.193. The molecule has 6 rings (SSSR count). The molecular weight excluding hydrogens is 785 g/mol. The molecule has 0 radical (unpaired) electrons. The minimum absolute atomic E-state index is 0.0182. The van der Waals surface area contributed by atoms with Gasteiger partial charge in [0.05, 0.1) is 18.1 Å².